The number of hydrogen-bond acceptors (Lipinski definition) is 5. The number of likely N-dealkylation sites (N-methyl/N-ethyl adjacent to an activating group) is 2. The predicted molar refractivity (Wildman–Crippen MR) is 60.1 cm³/mol. The SMILES string of the molecule is CC(S)NC1=C(N(C)C)C(=O)N(C)C1=O. The molecule has 5 nitrogen and oxygen atoms in total. The number of thiol groups is 1. The minimum absolute atomic E-state index is 0.182. The van der Waals surface area contributed by atoms with E-state index in [-0.39, 0.29) is 17.2 Å². The number of carbonyl (C=O) groups excluding carboxylic acids is 2. The summed E-state index contributed by atoms with van der Waals surface area (Å²) in [6.07, 6.45) is 0. The summed E-state index contributed by atoms with van der Waals surface area (Å²) in [5, 5.41) is 2.69. The third-order valence-electron chi connectivity index (χ3n) is 2.06. The number of amides is 2. The van der Waals surface area contributed by atoms with Crippen molar-refractivity contribution >= 4 is 24.4 Å². The van der Waals surface area contributed by atoms with Crippen LogP contribution in [0.1, 0.15) is 6.92 Å². The van der Waals surface area contributed by atoms with E-state index in [1.807, 2.05) is 0 Å². The van der Waals surface area contributed by atoms with Gasteiger partial charge in [-0.1, -0.05) is 0 Å². The number of carbonyl (C=O) groups is 2. The van der Waals surface area contributed by atoms with Gasteiger partial charge in [0.15, 0.2) is 0 Å². The number of nitrogens with zero attached hydrogens (tertiary/aromatic N) is 2. The van der Waals surface area contributed by atoms with Crippen LogP contribution in [0.25, 0.3) is 0 Å². The molecule has 0 spiro atoms. The van der Waals surface area contributed by atoms with Gasteiger partial charge in [-0.15, -0.1) is 0 Å². The Labute approximate surface area is 94.5 Å². The van der Waals surface area contributed by atoms with E-state index in [4.69, 9.17) is 0 Å². The van der Waals surface area contributed by atoms with Crippen molar-refractivity contribution in [2.24, 2.45) is 0 Å². The number of rotatable bonds is 3. The fraction of sp³-hybridized carbons (Fsp3) is 0.556. The zero-order valence-electron chi connectivity index (χ0n) is 9.24. The van der Waals surface area contributed by atoms with Gasteiger partial charge in [-0.05, 0) is 6.92 Å². The van der Waals surface area contributed by atoms with Gasteiger partial charge in [-0.3, -0.25) is 14.5 Å². The maximum atomic E-state index is 11.7. The standard InChI is InChI=1S/C9H15N3O2S/c1-5(15)10-6-7(11(2)3)9(14)12(4)8(6)13/h5,10,15H,1-4H3. The van der Waals surface area contributed by atoms with Gasteiger partial charge in [0.25, 0.3) is 11.8 Å². The summed E-state index contributed by atoms with van der Waals surface area (Å²) < 4.78 is 0. The van der Waals surface area contributed by atoms with Gasteiger partial charge in [0.05, 0.1) is 5.37 Å². The number of hydrogen-bond donors (Lipinski definition) is 2. The van der Waals surface area contributed by atoms with E-state index < -0.39 is 0 Å². The van der Waals surface area contributed by atoms with Crippen molar-refractivity contribution in [3.05, 3.63) is 11.4 Å². The van der Waals surface area contributed by atoms with E-state index in [0.717, 1.165) is 4.90 Å². The normalized spacial score (nSPS) is 18.6. The summed E-state index contributed by atoms with van der Waals surface area (Å²) in [6, 6.07) is 0. The van der Waals surface area contributed by atoms with Gasteiger partial charge in [-0.2, -0.15) is 12.6 Å². The molecule has 1 unspecified atom stereocenters. The molecule has 0 fully saturated rings. The minimum atomic E-state index is -0.315. The Bertz CT molecular complexity index is 336. The third-order valence-corrected chi connectivity index (χ3v) is 2.19. The lowest BCUT2D eigenvalue weighted by atomic mass is 10.3. The fourth-order valence-corrected chi connectivity index (χ4v) is 1.51. The van der Waals surface area contributed by atoms with Gasteiger partial charge in [0, 0.05) is 21.1 Å². The summed E-state index contributed by atoms with van der Waals surface area (Å²) in [6.45, 7) is 1.79. The maximum absolute atomic E-state index is 11.7. The zero-order valence-corrected chi connectivity index (χ0v) is 10.1. The Morgan fingerprint density at radius 3 is 2.27 bits per heavy atom. The van der Waals surface area contributed by atoms with Gasteiger partial charge in [0.1, 0.15) is 11.4 Å². The Morgan fingerprint density at radius 1 is 1.33 bits per heavy atom. The average molecular weight is 229 g/mol. The lowest BCUT2D eigenvalue weighted by Crippen LogP contribution is -2.31. The van der Waals surface area contributed by atoms with E-state index in [9.17, 15) is 9.59 Å². The molecule has 0 aromatic heterocycles. The van der Waals surface area contributed by atoms with Crippen molar-refractivity contribution in [1.82, 2.24) is 15.1 Å². The van der Waals surface area contributed by atoms with Gasteiger partial charge in [0.2, 0.25) is 0 Å². The maximum Gasteiger partial charge on any atom is 0.279 e. The van der Waals surface area contributed by atoms with Crippen molar-refractivity contribution in [3.8, 4) is 0 Å². The first kappa shape index (κ1) is 11.9. The Kier molecular flexibility index (Phi) is 3.28. The third kappa shape index (κ3) is 2.09. The van der Waals surface area contributed by atoms with E-state index in [1.165, 1.54) is 7.05 Å². The van der Waals surface area contributed by atoms with Crippen LogP contribution in [0.2, 0.25) is 0 Å². The summed E-state index contributed by atoms with van der Waals surface area (Å²) in [5.41, 5.74) is 0.693. The number of imide groups is 1. The lowest BCUT2D eigenvalue weighted by molar-refractivity contribution is -0.136. The van der Waals surface area contributed by atoms with Crippen molar-refractivity contribution in [2.75, 3.05) is 21.1 Å². The summed E-state index contributed by atoms with van der Waals surface area (Å²) in [7, 11) is 4.92. The molecule has 6 heteroatoms. The molecule has 0 saturated heterocycles. The molecule has 1 atom stereocenters. The monoisotopic (exact) mass is 229 g/mol. The van der Waals surface area contributed by atoms with Crippen molar-refractivity contribution in [1.29, 1.82) is 0 Å². The van der Waals surface area contributed by atoms with Gasteiger partial charge < -0.3 is 10.2 Å². The second-order valence-electron chi connectivity index (χ2n) is 3.61. The Balaban J connectivity index is 3.12. The van der Waals surface area contributed by atoms with E-state index in [0.29, 0.717) is 11.4 Å². The summed E-state index contributed by atoms with van der Waals surface area (Å²) >= 11 is 4.14. The van der Waals surface area contributed by atoms with Gasteiger partial charge in [-0.25, -0.2) is 0 Å². The van der Waals surface area contributed by atoms with Crippen molar-refractivity contribution in [2.45, 2.75) is 12.3 Å². The molecule has 1 heterocycles. The van der Waals surface area contributed by atoms with E-state index in [2.05, 4.69) is 17.9 Å². The predicted octanol–water partition coefficient (Wildman–Crippen LogP) is -0.376. The zero-order chi connectivity index (χ0) is 11.7. The second-order valence-corrected chi connectivity index (χ2v) is 4.38. The molecule has 1 N–H and O–H groups in total. The number of nitrogens with one attached hydrogen (secondary N) is 1. The van der Waals surface area contributed by atoms with Crippen molar-refractivity contribution in [3.63, 3.8) is 0 Å². The smallest absolute Gasteiger partial charge is 0.279 e. The molecule has 0 bridgehead atoms. The topological polar surface area (TPSA) is 52.7 Å². The molecule has 0 aliphatic carbocycles. The molecule has 1 aliphatic heterocycles. The molecule has 84 valence electrons. The molecule has 15 heavy (non-hydrogen) atoms. The first-order valence-corrected chi connectivity index (χ1v) is 5.06. The van der Waals surface area contributed by atoms with Crippen LogP contribution in [0, 0.1) is 0 Å². The summed E-state index contributed by atoms with van der Waals surface area (Å²) in [5.74, 6) is -0.605. The highest BCUT2D eigenvalue weighted by atomic mass is 32.1. The highest BCUT2D eigenvalue weighted by Gasteiger charge is 2.37. The molecule has 0 radical (unpaired) electrons. The Hall–Kier alpha value is -1.17. The minimum Gasteiger partial charge on any atom is -0.371 e. The first-order valence-electron chi connectivity index (χ1n) is 4.54. The molecule has 0 aromatic carbocycles. The highest BCUT2D eigenvalue weighted by Crippen LogP contribution is 2.19. The largest absolute Gasteiger partial charge is 0.371 e. The summed E-state index contributed by atoms with van der Waals surface area (Å²) in [4.78, 5) is 26.1. The molecule has 1 aliphatic rings. The molecule has 2 amide bonds. The van der Waals surface area contributed by atoms with Crippen LogP contribution in [0.3, 0.4) is 0 Å². The second kappa shape index (κ2) is 4.14. The van der Waals surface area contributed by atoms with Crippen LogP contribution in [0.5, 0.6) is 0 Å². The molecule has 0 aromatic rings. The van der Waals surface area contributed by atoms with Crippen LogP contribution >= 0.6 is 12.6 Å². The molecule has 0 saturated carbocycles. The van der Waals surface area contributed by atoms with E-state index >= 15 is 0 Å². The van der Waals surface area contributed by atoms with Crippen molar-refractivity contribution < 1.29 is 9.59 Å². The molecule has 1 rings (SSSR count). The molecular formula is C9H15N3O2S. The quantitative estimate of drug-likeness (QED) is 0.394. The highest BCUT2D eigenvalue weighted by molar-refractivity contribution is 7.80. The van der Waals surface area contributed by atoms with Crippen LogP contribution < -0.4 is 5.32 Å². The Morgan fingerprint density at radius 2 is 1.87 bits per heavy atom. The van der Waals surface area contributed by atoms with Crippen LogP contribution in [0.4, 0.5) is 0 Å². The van der Waals surface area contributed by atoms with Crippen LogP contribution in [-0.4, -0.2) is 48.1 Å². The van der Waals surface area contributed by atoms with Crippen LogP contribution in [0.15, 0.2) is 11.4 Å². The van der Waals surface area contributed by atoms with Gasteiger partial charge >= 0.3 is 0 Å². The average Bonchev–Trinajstić information content (AvgIpc) is 2.30. The lowest BCUT2D eigenvalue weighted by Gasteiger charge is -2.15. The fourth-order valence-electron chi connectivity index (χ4n) is 1.38. The first-order chi connectivity index (χ1) is 6.86. The van der Waals surface area contributed by atoms with Crippen LogP contribution in [-0.2, 0) is 9.59 Å². The van der Waals surface area contributed by atoms with E-state index in [1.54, 1.807) is 25.9 Å². The molecular weight excluding hydrogens is 214 g/mol.